The Morgan fingerprint density at radius 1 is 1.43 bits per heavy atom. The van der Waals surface area contributed by atoms with E-state index in [1.54, 1.807) is 25.7 Å². The highest BCUT2D eigenvalue weighted by molar-refractivity contribution is 5.69. The average Bonchev–Trinajstić information content (AvgIpc) is 2.44. The second kappa shape index (κ2) is 6.51. The second-order valence-corrected chi connectivity index (χ2v) is 6.30. The van der Waals surface area contributed by atoms with Crippen LogP contribution in [0.5, 0.6) is 0 Å². The first-order valence-electron chi connectivity index (χ1n) is 7.28. The number of amides is 1. The molecule has 0 bridgehead atoms. The molecule has 1 amide bonds. The summed E-state index contributed by atoms with van der Waals surface area (Å²) in [6.07, 6.45) is -1.97. The summed E-state index contributed by atoms with van der Waals surface area (Å²) in [6, 6.07) is 0.231. The summed E-state index contributed by atoms with van der Waals surface area (Å²) < 4.78 is 32.0. The summed E-state index contributed by atoms with van der Waals surface area (Å²) in [6.45, 7) is 5.42. The van der Waals surface area contributed by atoms with Gasteiger partial charge in [0, 0.05) is 25.8 Å². The molecule has 2 heterocycles. The van der Waals surface area contributed by atoms with Gasteiger partial charge in [-0.15, -0.1) is 0 Å². The summed E-state index contributed by atoms with van der Waals surface area (Å²) in [5, 5.41) is 0. The minimum atomic E-state index is -2.70. The molecular formula is C14H21F2N5O2. The van der Waals surface area contributed by atoms with Crippen molar-refractivity contribution in [2.45, 2.75) is 38.8 Å². The summed E-state index contributed by atoms with van der Waals surface area (Å²) in [5.74, 6) is 0.539. The molecule has 1 aliphatic heterocycles. The van der Waals surface area contributed by atoms with Gasteiger partial charge in [-0.2, -0.15) is 4.98 Å². The van der Waals surface area contributed by atoms with Crippen molar-refractivity contribution >= 4 is 17.9 Å². The van der Waals surface area contributed by atoms with Gasteiger partial charge in [-0.25, -0.2) is 18.6 Å². The molecule has 2 rings (SSSR count). The molecule has 1 unspecified atom stereocenters. The van der Waals surface area contributed by atoms with Crippen molar-refractivity contribution in [2.24, 2.45) is 0 Å². The molecule has 0 aromatic carbocycles. The van der Waals surface area contributed by atoms with Crippen LogP contribution in [0, 0.1) is 0 Å². The zero-order valence-corrected chi connectivity index (χ0v) is 13.4. The van der Waals surface area contributed by atoms with Gasteiger partial charge in [-0.3, -0.25) is 4.90 Å². The monoisotopic (exact) mass is 329 g/mol. The third-order valence-electron chi connectivity index (χ3n) is 3.28. The van der Waals surface area contributed by atoms with Gasteiger partial charge >= 0.3 is 6.09 Å². The van der Waals surface area contributed by atoms with Gasteiger partial charge in [0.1, 0.15) is 17.5 Å². The van der Waals surface area contributed by atoms with Gasteiger partial charge in [-0.05, 0) is 26.8 Å². The van der Waals surface area contributed by atoms with Crippen LogP contribution < -0.4 is 10.6 Å². The predicted octanol–water partition coefficient (Wildman–Crippen LogP) is 1.75. The molecule has 7 nitrogen and oxygen atoms in total. The van der Waals surface area contributed by atoms with E-state index in [0.717, 1.165) is 4.90 Å². The minimum Gasteiger partial charge on any atom is -0.444 e. The van der Waals surface area contributed by atoms with Crippen LogP contribution in [0.2, 0.25) is 0 Å². The first kappa shape index (κ1) is 17.2. The Bertz CT molecular complexity index is 564. The fourth-order valence-corrected chi connectivity index (χ4v) is 2.27. The van der Waals surface area contributed by atoms with Crippen LogP contribution in [-0.2, 0) is 4.74 Å². The highest BCUT2D eigenvalue weighted by Crippen LogP contribution is 2.22. The van der Waals surface area contributed by atoms with Crippen LogP contribution in [0.15, 0.2) is 12.3 Å². The Hall–Kier alpha value is -2.19. The zero-order valence-electron chi connectivity index (χ0n) is 13.4. The lowest BCUT2D eigenvalue weighted by Gasteiger charge is -2.41. The number of ether oxygens (including phenoxy) is 1. The Kier molecular flexibility index (Phi) is 4.86. The lowest BCUT2D eigenvalue weighted by molar-refractivity contribution is -0.0180. The Morgan fingerprint density at radius 2 is 2.13 bits per heavy atom. The number of anilines is 2. The molecule has 0 radical (unpaired) electrons. The maximum Gasteiger partial charge on any atom is 0.410 e. The third-order valence-corrected chi connectivity index (χ3v) is 3.28. The molecule has 0 spiro atoms. The van der Waals surface area contributed by atoms with Crippen LogP contribution in [0.3, 0.4) is 0 Å². The number of rotatable bonds is 2. The lowest BCUT2D eigenvalue weighted by Crippen LogP contribution is -2.59. The van der Waals surface area contributed by atoms with Gasteiger partial charge in [0.25, 0.3) is 6.43 Å². The molecule has 1 aromatic rings. The van der Waals surface area contributed by atoms with Crippen LogP contribution >= 0.6 is 0 Å². The zero-order chi connectivity index (χ0) is 17.2. The summed E-state index contributed by atoms with van der Waals surface area (Å²) in [5.41, 5.74) is 4.86. The van der Waals surface area contributed by atoms with E-state index in [0.29, 0.717) is 6.54 Å². The highest BCUT2D eigenvalue weighted by atomic mass is 19.3. The van der Waals surface area contributed by atoms with E-state index in [9.17, 15) is 13.6 Å². The number of hydrogen-bond donors (Lipinski definition) is 1. The first-order valence-corrected chi connectivity index (χ1v) is 7.28. The number of nitrogen functional groups attached to an aromatic ring is 1. The molecule has 2 N–H and O–H groups in total. The topological polar surface area (TPSA) is 84.6 Å². The molecular weight excluding hydrogens is 308 g/mol. The van der Waals surface area contributed by atoms with Crippen molar-refractivity contribution in [3.8, 4) is 0 Å². The quantitative estimate of drug-likeness (QED) is 0.890. The fraction of sp³-hybridized carbons (Fsp3) is 0.643. The third kappa shape index (κ3) is 4.40. The Balaban J connectivity index is 2.13. The summed E-state index contributed by atoms with van der Waals surface area (Å²) in [7, 11) is 0. The van der Waals surface area contributed by atoms with Crippen molar-refractivity contribution in [3.05, 3.63) is 12.3 Å². The van der Waals surface area contributed by atoms with Gasteiger partial charge in [0.05, 0.1) is 0 Å². The van der Waals surface area contributed by atoms with E-state index in [1.165, 1.54) is 12.3 Å². The molecule has 128 valence electrons. The van der Waals surface area contributed by atoms with E-state index in [4.69, 9.17) is 10.5 Å². The molecule has 23 heavy (non-hydrogen) atoms. The van der Waals surface area contributed by atoms with E-state index < -0.39 is 24.2 Å². The van der Waals surface area contributed by atoms with Gasteiger partial charge < -0.3 is 15.4 Å². The smallest absolute Gasteiger partial charge is 0.410 e. The van der Waals surface area contributed by atoms with Crippen molar-refractivity contribution in [1.29, 1.82) is 0 Å². The van der Waals surface area contributed by atoms with Crippen LogP contribution in [0.25, 0.3) is 0 Å². The van der Waals surface area contributed by atoms with E-state index in [2.05, 4.69) is 9.97 Å². The van der Waals surface area contributed by atoms with Gasteiger partial charge in [0.2, 0.25) is 5.95 Å². The average molecular weight is 329 g/mol. The first-order chi connectivity index (χ1) is 10.7. The number of nitrogens with zero attached hydrogens (tertiary/aromatic N) is 4. The Labute approximate surface area is 133 Å². The van der Waals surface area contributed by atoms with Crippen molar-refractivity contribution in [1.82, 2.24) is 14.9 Å². The molecule has 0 saturated carbocycles. The number of carbonyl (C=O) groups is 1. The van der Waals surface area contributed by atoms with Crippen LogP contribution in [-0.4, -0.2) is 58.7 Å². The number of alkyl halides is 2. The minimum absolute atomic E-state index is 0.0830. The number of hydrogen-bond acceptors (Lipinski definition) is 6. The van der Waals surface area contributed by atoms with Gasteiger partial charge in [-0.1, -0.05) is 0 Å². The number of aromatic nitrogens is 2. The number of nitrogens with two attached hydrogens (primary N) is 1. The lowest BCUT2D eigenvalue weighted by atomic mass is 10.1. The van der Waals surface area contributed by atoms with Crippen LogP contribution in [0.4, 0.5) is 25.3 Å². The van der Waals surface area contributed by atoms with Crippen molar-refractivity contribution in [2.75, 3.05) is 30.3 Å². The van der Waals surface area contributed by atoms with E-state index >= 15 is 0 Å². The number of halogens is 2. The highest BCUT2D eigenvalue weighted by Gasteiger charge is 2.39. The standard InChI is InChI=1S/C14H21F2N5O2/c1-14(2,3)23-13(22)21-7-6-20(8-9(21)11(15)16)12-18-5-4-10(17)19-12/h4-5,9,11H,6-8H2,1-3H3,(H2,17,18,19). The normalized spacial score (nSPS) is 19.1. The molecule has 1 atom stereocenters. The number of piperazine rings is 1. The van der Waals surface area contributed by atoms with Gasteiger partial charge in [0.15, 0.2) is 0 Å². The molecule has 1 fully saturated rings. The second-order valence-electron chi connectivity index (χ2n) is 6.30. The molecule has 1 aromatic heterocycles. The maximum atomic E-state index is 13.4. The number of carbonyl (C=O) groups excluding carboxylic acids is 1. The van der Waals surface area contributed by atoms with Crippen LogP contribution in [0.1, 0.15) is 20.8 Å². The SMILES string of the molecule is CC(C)(C)OC(=O)N1CCN(c2nccc(N)n2)CC1C(F)F. The molecule has 0 aliphatic carbocycles. The predicted molar refractivity (Wildman–Crippen MR) is 81.4 cm³/mol. The molecule has 9 heteroatoms. The largest absolute Gasteiger partial charge is 0.444 e. The van der Waals surface area contributed by atoms with Crippen molar-refractivity contribution < 1.29 is 18.3 Å². The summed E-state index contributed by atoms with van der Waals surface area (Å²) >= 11 is 0. The summed E-state index contributed by atoms with van der Waals surface area (Å²) in [4.78, 5) is 22.9. The molecule has 1 aliphatic rings. The molecule has 1 saturated heterocycles. The maximum absolute atomic E-state index is 13.4. The van der Waals surface area contributed by atoms with E-state index in [1.807, 2.05) is 0 Å². The fourth-order valence-electron chi connectivity index (χ4n) is 2.27. The van der Waals surface area contributed by atoms with E-state index in [-0.39, 0.29) is 24.9 Å². The Morgan fingerprint density at radius 3 is 2.70 bits per heavy atom. The van der Waals surface area contributed by atoms with Crippen molar-refractivity contribution in [3.63, 3.8) is 0 Å².